The molecule has 0 amide bonds. The molecule has 9 N–H and O–H groups in total. The van der Waals surface area contributed by atoms with E-state index in [1.165, 1.54) is 36.4 Å². The summed E-state index contributed by atoms with van der Waals surface area (Å²) in [5.41, 5.74) is -2.22. The Hall–Kier alpha value is -3.28. The second-order valence-corrected chi connectivity index (χ2v) is 17.7. The van der Waals surface area contributed by atoms with Crippen molar-refractivity contribution in [1.82, 2.24) is 0 Å². The Balaban J connectivity index is 0.00000320. The quantitative estimate of drug-likeness (QED) is 0.0466. The fourth-order valence-electron chi connectivity index (χ4n) is 5.33. The Kier molecular flexibility index (Phi) is 17.7. The molecule has 6 aromatic rings. The van der Waals surface area contributed by atoms with Crippen LogP contribution in [0.25, 0.3) is 21.5 Å². The van der Waals surface area contributed by atoms with Gasteiger partial charge in [0, 0.05) is 56.3 Å². The van der Waals surface area contributed by atoms with Crippen molar-refractivity contribution in [3.63, 3.8) is 0 Å². The molecule has 6 rings (SSSR count). The molecule has 0 bridgehead atoms. The monoisotopic (exact) mass is 1030 g/mol. The van der Waals surface area contributed by atoms with Gasteiger partial charge in [-0.3, -0.25) is 0 Å². The number of primary sulfonamides is 2. The van der Waals surface area contributed by atoms with Crippen LogP contribution < -0.4 is 74.7 Å². The van der Waals surface area contributed by atoms with Crippen molar-refractivity contribution >= 4 is 96.0 Å². The Labute approximate surface area is 411 Å². The topological polar surface area (TPSA) is 377 Å². The van der Waals surface area contributed by atoms with Crippen molar-refractivity contribution < 1.29 is 156 Å². The molecule has 0 fully saturated rings. The molecule has 0 heterocycles. The normalized spacial score (nSPS) is 12.1. The number of hydrogen-bond acceptors (Lipinski definition) is 19. The van der Waals surface area contributed by atoms with E-state index >= 15 is 0 Å². The van der Waals surface area contributed by atoms with Crippen molar-refractivity contribution in [3.8, 4) is 23.0 Å². The van der Waals surface area contributed by atoms with Gasteiger partial charge in [-0.25, -0.2) is 43.9 Å². The van der Waals surface area contributed by atoms with Crippen LogP contribution in [0, 0.1) is 0 Å². The summed E-state index contributed by atoms with van der Waals surface area (Å²) in [7, 11) is -19.2. The SMILES string of the molecule is NS(=O)(=O)c1ccc(O)c(N=Nc2c(S(=O)(=O)[O-])cc3cc(Nc4ccc5c(O)c(N=Nc6cc(S(N)(=O)=O)ccc6O)c(S(=O)(=O)[O-])cc5c4)ccc3c2O)c1.[Cu].[Cu].[Na+].[Na+]. The Morgan fingerprint density at radius 1 is 0.492 bits per heavy atom. The molecule has 0 spiro atoms. The number of nitrogens with zero attached hydrogens (tertiary/aromatic N) is 4. The summed E-state index contributed by atoms with van der Waals surface area (Å²) >= 11 is 0. The van der Waals surface area contributed by atoms with Crippen molar-refractivity contribution in [2.24, 2.45) is 30.7 Å². The Morgan fingerprint density at radius 3 is 1.15 bits per heavy atom. The molecule has 29 heteroatoms. The average Bonchev–Trinajstić information content (AvgIpc) is 3.10. The number of phenols is 4. The molecule has 0 saturated heterocycles. The van der Waals surface area contributed by atoms with Crippen molar-refractivity contribution in [2.75, 3.05) is 5.32 Å². The van der Waals surface area contributed by atoms with E-state index in [4.69, 9.17) is 10.3 Å². The first kappa shape index (κ1) is 53.9. The van der Waals surface area contributed by atoms with Crippen molar-refractivity contribution in [3.05, 3.63) is 84.9 Å². The molecule has 21 nitrogen and oxygen atoms in total. The van der Waals surface area contributed by atoms with Crippen LogP contribution in [0.3, 0.4) is 0 Å². The van der Waals surface area contributed by atoms with Gasteiger partial charge < -0.3 is 34.8 Å². The smallest absolute Gasteiger partial charge is 0.744 e. The van der Waals surface area contributed by atoms with E-state index in [1.807, 2.05) is 0 Å². The average molecular weight is 1030 g/mol. The second kappa shape index (κ2) is 20.0. The molecule has 0 aliphatic heterocycles. The van der Waals surface area contributed by atoms with Gasteiger partial charge in [0.15, 0.2) is 11.5 Å². The zero-order valence-electron chi connectivity index (χ0n) is 30.6. The summed E-state index contributed by atoms with van der Waals surface area (Å²) in [5, 5.41) is 69.7. The van der Waals surface area contributed by atoms with Crippen LogP contribution in [0.1, 0.15) is 0 Å². The van der Waals surface area contributed by atoms with Crippen molar-refractivity contribution in [2.45, 2.75) is 19.6 Å². The van der Waals surface area contributed by atoms with Crippen LogP contribution in [-0.2, 0) is 74.4 Å². The maximum absolute atomic E-state index is 12.3. The molecule has 0 aliphatic rings. The number of rotatable bonds is 10. The van der Waals surface area contributed by atoms with Gasteiger partial charge >= 0.3 is 59.1 Å². The molecule has 0 aliphatic carbocycles. The van der Waals surface area contributed by atoms with Crippen molar-refractivity contribution in [1.29, 1.82) is 0 Å². The first-order valence-corrected chi connectivity index (χ1v) is 21.2. The maximum atomic E-state index is 12.3. The van der Waals surface area contributed by atoms with E-state index in [1.54, 1.807) is 0 Å². The number of hydrogen-bond donors (Lipinski definition) is 7. The summed E-state index contributed by atoms with van der Waals surface area (Å²) in [6, 6.07) is 15.2. The van der Waals surface area contributed by atoms with Crippen LogP contribution in [0.2, 0.25) is 0 Å². The van der Waals surface area contributed by atoms with Crippen LogP contribution >= 0.6 is 0 Å². The van der Waals surface area contributed by atoms with E-state index in [9.17, 15) is 63.2 Å². The van der Waals surface area contributed by atoms with Gasteiger partial charge in [-0.1, -0.05) is 0 Å². The Bertz CT molecular complexity index is 3020. The third-order valence-corrected chi connectivity index (χ3v) is 11.5. The molecule has 0 atom stereocenters. The van der Waals surface area contributed by atoms with Crippen LogP contribution in [0.4, 0.5) is 34.1 Å². The zero-order valence-corrected chi connectivity index (χ0v) is 39.8. The molecule has 318 valence electrons. The first-order valence-electron chi connectivity index (χ1n) is 15.3. The third kappa shape index (κ3) is 12.0. The molecule has 2 radical (unpaired) electrons. The number of sulfonamides is 2. The number of nitrogens with one attached hydrogen (secondary N) is 1. The van der Waals surface area contributed by atoms with Crippen LogP contribution in [0.5, 0.6) is 23.0 Å². The van der Waals surface area contributed by atoms with Gasteiger partial charge in [-0.05, 0) is 95.7 Å². The molecular formula is C32H23Cu2N7Na2O14S4. The number of fused-ring (bicyclic) bond motifs is 2. The van der Waals surface area contributed by atoms with Gasteiger partial charge in [0.05, 0.1) is 19.6 Å². The van der Waals surface area contributed by atoms with E-state index < -0.39 is 106 Å². The van der Waals surface area contributed by atoms with Crippen LogP contribution in [0.15, 0.2) is 125 Å². The molecule has 61 heavy (non-hydrogen) atoms. The molecular weight excluding hydrogens is 1010 g/mol. The van der Waals surface area contributed by atoms with Gasteiger partial charge in [0.2, 0.25) is 20.0 Å². The predicted octanol–water partition coefficient (Wildman–Crippen LogP) is -1.50. The van der Waals surface area contributed by atoms with E-state index in [0.717, 1.165) is 48.5 Å². The van der Waals surface area contributed by atoms with Gasteiger partial charge in [-0.2, -0.15) is 0 Å². The Morgan fingerprint density at radius 2 is 0.836 bits per heavy atom. The summed E-state index contributed by atoms with van der Waals surface area (Å²) in [5.74, 6) is -2.85. The zero-order chi connectivity index (χ0) is 41.8. The summed E-state index contributed by atoms with van der Waals surface area (Å²) in [6.07, 6.45) is 0. The molecule has 0 saturated carbocycles. The minimum Gasteiger partial charge on any atom is -0.744 e. The van der Waals surface area contributed by atoms with Gasteiger partial charge in [0.25, 0.3) is 0 Å². The second-order valence-electron chi connectivity index (χ2n) is 11.8. The minimum absolute atomic E-state index is 0. The number of benzene rings is 6. The predicted molar refractivity (Wildman–Crippen MR) is 198 cm³/mol. The summed E-state index contributed by atoms with van der Waals surface area (Å²) < 4.78 is 121. The molecule has 0 unspecified atom stereocenters. The van der Waals surface area contributed by atoms with E-state index in [2.05, 4.69) is 25.8 Å². The summed E-state index contributed by atoms with van der Waals surface area (Å²) in [6.45, 7) is 0. The number of nitrogens with two attached hydrogens (primary N) is 2. The minimum atomic E-state index is -5.36. The largest absolute Gasteiger partial charge is 1.00 e. The maximum Gasteiger partial charge on any atom is 1.00 e. The van der Waals surface area contributed by atoms with Gasteiger partial charge in [0.1, 0.15) is 54.5 Å². The number of aromatic hydroxyl groups is 4. The molecule has 0 aromatic heterocycles. The first-order chi connectivity index (χ1) is 26.4. The van der Waals surface area contributed by atoms with E-state index in [-0.39, 0.29) is 126 Å². The number of anilines is 2. The molecule has 6 aromatic carbocycles. The van der Waals surface area contributed by atoms with E-state index in [0.29, 0.717) is 0 Å². The fourth-order valence-corrected chi connectivity index (χ4v) is 7.69. The van der Waals surface area contributed by atoms with Gasteiger partial charge in [-0.15, -0.1) is 20.5 Å². The summed E-state index contributed by atoms with van der Waals surface area (Å²) in [4.78, 5) is -3.03. The third-order valence-electron chi connectivity index (χ3n) is 8.00. The standard InChI is InChI=1S/C32H25N7O14S4.2Cu.2Na/c33-54(44,45)19-3-7-25(40)23(13-19)36-38-29-27(56(48,49)50)11-15-9-17(1-5-21(15)31(29)42)35-18-2-6-22-16(10-18)12-28(57(51,52)53)30(32(22)43)39-37-24-14-20(55(34,46)47)4-8-26(24)41;;;;/h1-14,35,40-43H,(H2,33,44,45)(H2,34,46,47)(H,48,49,50)(H,51,52,53);;;;/q;;;2*+1/p-2. The van der Waals surface area contributed by atoms with Crippen LogP contribution in [-0.4, -0.2) is 63.2 Å². The number of azo groups is 2. The fraction of sp³-hybridized carbons (Fsp3) is 0. The number of phenolic OH excluding ortho intramolecular Hbond substituents is 4.